The lowest BCUT2D eigenvalue weighted by atomic mass is 10.1. The number of amides is 1. The zero-order chi connectivity index (χ0) is 15.0. The van der Waals surface area contributed by atoms with Crippen molar-refractivity contribution in [2.75, 3.05) is 12.4 Å². The van der Waals surface area contributed by atoms with Gasteiger partial charge in [-0.15, -0.1) is 0 Å². The second-order valence-electron chi connectivity index (χ2n) is 4.88. The Bertz CT molecular complexity index is 697. The van der Waals surface area contributed by atoms with E-state index in [1.54, 1.807) is 18.3 Å². The van der Waals surface area contributed by atoms with Crippen molar-refractivity contribution in [3.63, 3.8) is 0 Å². The molecular weight excluding hydrogens is 273 g/mol. The minimum atomic E-state index is -0.477. The zero-order valence-corrected chi connectivity index (χ0v) is 11.6. The van der Waals surface area contributed by atoms with E-state index in [0.29, 0.717) is 17.8 Å². The lowest BCUT2D eigenvalue weighted by Crippen LogP contribution is -2.21. The molecule has 2 aromatic rings. The molecule has 0 saturated heterocycles. The molecule has 0 saturated carbocycles. The highest BCUT2D eigenvalue weighted by atomic mass is 19.1. The molecule has 3 heterocycles. The molecule has 21 heavy (non-hydrogen) atoms. The number of rotatable bonds is 4. The van der Waals surface area contributed by atoms with E-state index >= 15 is 0 Å². The quantitative estimate of drug-likeness (QED) is 0.897. The average Bonchev–Trinajstić information content (AvgIpc) is 2.98. The fourth-order valence-corrected chi connectivity index (χ4v) is 2.81. The zero-order valence-electron chi connectivity index (χ0n) is 11.6. The van der Waals surface area contributed by atoms with Crippen LogP contribution in [0.2, 0.25) is 0 Å². The molecule has 0 bridgehead atoms. The molecule has 0 spiro atoms. The lowest BCUT2D eigenvalue weighted by Gasteiger charge is -2.15. The van der Waals surface area contributed by atoms with Crippen LogP contribution in [0.5, 0.6) is 0 Å². The first-order chi connectivity index (χ1) is 10.2. The Labute approximate surface area is 121 Å². The predicted octanol–water partition coefficient (Wildman–Crippen LogP) is 1.69. The summed E-state index contributed by atoms with van der Waals surface area (Å²) in [5.74, 6) is 0.0141. The third-order valence-corrected chi connectivity index (χ3v) is 3.67. The van der Waals surface area contributed by atoms with Crippen LogP contribution >= 0.6 is 0 Å². The van der Waals surface area contributed by atoms with Crippen LogP contribution < -0.4 is 11.1 Å². The summed E-state index contributed by atoms with van der Waals surface area (Å²) in [6.45, 7) is 2.16. The van der Waals surface area contributed by atoms with Gasteiger partial charge in [0.05, 0.1) is 35.4 Å². The van der Waals surface area contributed by atoms with Crippen LogP contribution in [-0.4, -0.2) is 27.1 Å². The number of nitrogens with two attached hydrogens (primary N) is 1. The highest BCUT2D eigenvalue weighted by Crippen LogP contribution is 2.34. The van der Waals surface area contributed by atoms with Gasteiger partial charge in [0, 0.05) is 19.2 Å². The first-order valence-electron chi connectivity index (χ1n) is 6.84. The normalized spacial score (nSPS) is 16.9. The predicted molar refractivity (Wildman–Crippen MR) is 76.3 cm³/mol. The second kappa shape index (κ2) is 5.16. The Morgan fingerprint density at radius 3 is 3.00 bits per heavy atom. The van der Waals surface area contributed by atoms with Gasteiger partial charge in [-0.3, -0.25) is 9.18 Å². The van der Waals surface area contributed by atoms with Gasteiger partial charge in [-0.2, -0.15) is 0 Å². The van der Waals surface area contributed by atoms with Crippen LogP contribution in [0.4, 0.5) is 10.3 Å². The summed E-state index contributed by atoms with van der Waals surface area (Å²) in [6, 6.07) is 3.24. The lowest BCUT2D eigenvalue weighted by molar-refractivity contribution is 0.0954. The van der Waals surface area contributed by atoms with Crippen LogP contribution in [0.25, 0.3) is 11.4 Å². The van der Waals surface area contributed by atoms with Gasteiger partial charge in [0.25, 0.3) is 5.91 Å². The number of nitrogens with zero attached hydrogens (tertiary/aromatic N) is 3. The Morgan fingerprint density at radius 2 is 2.33 bits per heavy atom. The molecule has 0 fully saturated rings. The SMILES string of the molecule is CCn1c(-c2ccnc(N)n2)cc2c1C(CCF)NC2=O. The summed E-state index contributed by atoms with van der Waals surface area (Å²) in [5, 5.41) is 2.81. The molecule has 3 rings (SSSR count). The van der Waals surface area contributed by atoms with Gasteiger partial charge in [0.15, 0.2) is 0 Å². The van der Waals surface area contributed by atoms with E-state index in [0.717, 1.165) is 11.4 Å². The van der Waals surface area contributed by atoms with Gasteiger partial charge in [0.1, 0.15) is 0 Å². The number of carbonyl (C=O) groups is 1. The minimum absolute atomic E-state index is 0.168. The van der Waals surface area contributed by atoms with E-state index in [2.05, 4.69) is 15.3 Å². The van der Waals surface area contributed by atoms with E-state index in [1.165, 1.54) is 0 Å². The number of nitrogen functional groups attached to an aromatic ring is 1. The number of carbonyl (C=O) groups excluding carboxylic acids is 1. The van der Waals surface area contributed by atoms with E-state index in [-0.39, 0.29) is 24.3 Å². The summed E-state index contributed by atoms with van der Waals surface area (Å²) in [6.07, 6.45) is 1.85. The van der Waals surface area contributed by atoms with E-state index in [9.17, 15) is 9.18 Å². The maximum absolute atomic E-state index is 12.7. The van der Waals surface area contributed by atoms with Crippen LogP contribution in [0.15, 0.2) is 18.3 Å². The van der Waals surface area contributed by atoms with Gasteiger partial charge in [-0.05, 0) is 19.1 Å². The minimum Gasteiger partial charge on any atom is -0.368 e. The maximum atomic E-state index is 12.7. The van der Waals surface area contributed by atoms with Crippen LogP contribution in [-0.2, 0) is 6.54 Å². The number of hydrogen-bond acceptors (Lipinski definition) is 4. The van der Waals surface area contributed by atoms with E-state index in [4.69, 9.17) is 5.73 Å². The fraction of sp³-hybridized carbons (Fsp3) is 0.357. The van der Waals surface area contributed by atoms with Crippen LogP contribution in [0.3, 0.4) is 0 Å². The van der Waals surface area contributed by atoms with Crippen LogP contribution in [0.1, 0.15) is 35.4 Å². The summed E-state index contributed by atoms with van der Waals surface area (Å²) >= 11 is 0. The number of nitrogens with one attached hydrogen (secondary N) is 1. The molecule has 1 aliphatic rings. The molecule has 1 aliphatic heterocycles. The largest absolute Gasteiger partial charge is 0.368 e. The Kier molecular flexibility index (Phi) is 3.32. The molecule has 0 aliphatic carbocycles. The maximum Gasteiger partial charge on any atom is 0.253 e. The molecule has 2 aromatic heterocycles. The van der Waals surface area contributed by atoms with Gasteiger partial charge in [0.2, 0.25) is 5.95 Å². The highest BCUT2D eigenvalue weighted by molar-refractivity contribution is 6.00. The first-order valence-corrected chi connectivity index (χ1v) is 6.84. The third kappa shape index (κ3) is 2.14. The van der Waals surface area contributed by atoms with Crippen molar-refractivity contribution in [2.45, 2.75) is 25.9 Å². The Morgan fingerprint density at radius 1 is 1.52 bits per heavy atom. The summed E-state index contributed by atoms with van der Waals surface area (Å²) in [4.78, 5) is 20.1. The molecule has 1 unspecified atom stereocenters. The highest BCUT2D eigenvalue weighted by Gasteiger charge is 2.33. The summed E-state index contributed by atoms with van der Waals surface area (Å²) in [5.41, 5.74) is 8.49. The number of aromatic nitrogens is 3. The number of halogens is 1. The molecule has 0 radical (unpaired) electrons. The molecule has 1 amide bonds. The third-order valence-electron chi connectivity index (χ3n) is 3.67. The number of alkyl halides is 1. The van der Waals surface area contributed by atoms with Crippen molar-refractivity contribution in [3.8, 4) is 11.4 Å². The monoisotopic (exact) mass is 289 g/mol. The summed E-state index contributed by atoms with van der Waals surface area (Å²) < 4.78 is 14.7. The van der Waals surface area contributed by atoms with Crippen molar-refractivity contribution in [1.82, 2.24) is 19.9 Å². The summed E-state index contributed by atoms with van der Waals surface area (Å²) in [7, 11) is 0. The van der Waals surface area contributed by atoms with Gasteiger partial charge in [-0.1, -0.05) is 0 Å². The fourth-order valence-electron chi connectivity index (χ4n) is 2.81. The molecule has 6 nitrogen and oxygen atoms in total. The molecule has 1 atom stereocenters. The standard InChI is InChI=1S/C14H16FN5O/c1-2-20-11(9-4-6-17-14(16)19-9)7-8-12(20)10(3-5-15)18-13(8)21/h4,6-7,10H,2-3,5H2,1H3,(H,18,21)(H2,16,17,19). The van der Waals surface area contributed by atoms with Crippen molar-refractivity contribution in [3.05, 3.63) is 29.6 Å². The second-order valence-corrected chi connectivity index (χ2v) is 4.88. The van der Waals surface area contributed by atoms with Crippen molar-refractivity contribution >= 4 is 11.9 Å². The molecule has 3 N–H and O–H groups in total. The van der Waals surface area contributed by atoms with E-state index < -0.39 is 6.67 Å². The van der Waals surface area contributed by atoms with Gasteiger partial charge in [-0.25, -0.2) is 9.97 Å². The van der Waals surface area contributed by atoms with Crippen molar-refractivity contribution in [1.29, 1.82) is 0 Å². The molecule has 110 valence electrons. The average molecular weight is 289 g/mol. The van der Waals surface area contributed by atoms with Crippen molar-refractivity contribution in [2.24, 2.45) is 0 Å². The van der Waals surface area contributed by atoms with Gasteiger partial charge >= 0.3 is 0 Å². The van der Waals surface area contributed by atoms with Crippen molar-refractivity contribution < 1.29 is 9.18 Å². The smallest absolute Gasteiger partial charge is 0.253 e. The first kappa shape index (κ1) is 13.5. The molecular formula is C14H16FN5O. The Hall–Kier alpha value is -2.44. The Balaban J connectivity index is 2.14. The molecule has 0 aromatic carbocycles. The number of fused-ring (bicyclic) bond motifs is 1. The molecule has 7 heteroatoms. The van der Waals surface area contributed by atoms with Gasteiger partial charge < -0.3 is 15.6 Å². The number of anilines is 1. The topological polar surface area (TPSA) is 85.8 Å². The van der Waals surface area contributed by atoms with E-state index in [1.807, 2.05) is 11.5 Å². The number of hydrogen-bond donors (Lipinski definition) is 2. The van der Waals surface area contributed by atoms with Crippen LogP contribution in [0, 0.1) is 0 Å².